The second kappa shape index (κ2) is 4.47. The van der Waals surface area contributed by atoms with Gasteiger partial charge in [0.05, 0.1) is 6.04 Å². The SMILES string of the molecule is CC(C)(C)C(=O)N1CCCC1c1cccnc1. The summed E-state index contributed by atoms with van der Waals surface area (Å²) in [4.78, 5) is 18.5. The van der Waals surface area contributed by atoms with Gasteiger partial charge < -0.3 is 4.90 Å². The lowest BCUT2D eigenvalue weighted by molar-refractivity contribution is -0.140. The van der Waals surface area contributed by atoms with Gasteiger partial charge in [-0.15, -0.1) is 0 Å². The lowest BCUT2D eigenvalue weighted by atomic mass is 9.93. The lowest BCUT2D eigenvalue weighted by Gasteiger charge is -2.31. The predicted molar refractivity (Wildman–Crippen MR) is 67.4 cm³/mol. The standard InChI is InChI=1S/C14H20N2O/c1-14(2,3)13(17)16-9-5-7-12(16)11-6-4-8-15-10-11/h4,6,8,10,12H,5,7,9H2,1-3H3. The van der Waals surface area contributed by atoms with Crippen molar-refractivity contribution in [2.45, 2.75) is 39.7 Å². The van der Waals surface area contributed by atoms with Gasteiger partial charge in [-0.3, -0.25) is 9.78 Å². The van der Waals surface area contributed by atoms with E-state index < -0.39 is 0 Å². The van der Waals surface area contributed by atoms with Crippen LogP contribution in [-0.2, 0) is 4.79 Å². The van der Waals surface area contributed by atoms with Crippen molar-refractivity contribution >= 4 is 5.91 Å². The molecule has 1 amide bonds. The van der Waals surface area contributed by atoms with Crippen molar-refractivity contribution in [1.29, 1.82) is 0 Å². The Morgan fingerprint density at radius 2 is 2.24 bits per heavy atom. The quantitative estimate of drug-likeness (QED) is 0.746. The molecule has 3 heteroatoms. The summed E-state index contributed by atoms with van der Waals surface area (Å²) in [5.41, 5.74) is 0.854. The van der Waals surface area contributed by atoms with Gasteiger partial charge in [-0.1, -0.05) is 26.8 Å². The number of aromatic nitrogens is 1. The molecule has 1 aliphatic rings. The van der Waals surface area contributed by atoms with Crippen LogP contribution < -0.4 is 0 Å². The zero-order valence-electron chi connectivity index (χ0n) is 10.8. The number of hydrogen-bond acceptors (Lipinski definition) is 2. The predicted octanol–water partition coefficient (Wildman–Crippen LogP) is 2.79. The molecule has 3 nitrogen and oxygen atoms in total. The highest BCUT2D eigenvalue weighted by atomic mass is 16.2. The maximum atomic E-state index is 12.4. The first-order chi connectivity index (χ1) is 8.00. The van der Waals surface area contributed by atoms with Crippen molar-refractivity contribution in [3.05, 3.63) is 30.1 Å². The Labute approximate surface area is 103 Å². The topological polar surface area (TPSA) is 33.2 Å². The van der Waals surface area contributed by atoms with E-state index in [4.69, 9.17) is 0 Å². The van der Waals surface area contributed by atoms with Gasteiger partial charge in [0, 0.05) is 24.4 Å². The molecule has 1 fully saturated rings. The summed E-state index contributed by atoms with van der Waals surface area (Å²) < 4.78 is 0. The molecule has 1 saturated heterocycles. The number of nitrogens with zero attached hydrogens (tertiary/aromatic N) is 2. The third-order valence-corrected chi connectivity index (χ3v) is 3.22. The average Bonchev–Trinajstić information content (AvgIpc) is 2.76. The van der Waals surface area contributed by atoms with Crippen LogP contribution in [0.5, 0.6) is 0 Å². The van der Waals surface area contributed by atoms with Gasteiger partial charge in [0.25, 0.3) is 0 Å². The smallest absolute Gasteiger partial charge is 0.228 e. The number of carbonyl (C=O) groups is 1. The molecule has 0 aliphatic carbocycles. The molecule has 2 rings (SSSR count). The van der Waals surface area contributed by atoms with E-state index in [1.807, 2.05) is 37.9 Å². The fourth-order valence-electron chi connectivity index (χ4n) is 2.36. The first-order valence-electron chi connectivity index (χ1n) is 6.21. The molecule has 92 valence electrons. The Bertz CT molecular complexity index is 394. The van der Waals surface area contributed by atoms with Gasteiger partial charge in [0.15, 0.2) is 0 Å². The van der Waals surface area contributed by atoms with Gasteiger partial charge in [0.2, 0.25) is 5.91 Å². The molecule has 0 saturated carbocycles. The molecule has 0 spiro atoms. The third kappa shape index (κ3) is 2.48. The normalized spacial score (nSPS) is 20.6. The second-order valence-electron chi connectivity index (χ2n) is 5.69. The maximum Gasteiger partial charge on any atom is 0.228 e. The summed E-state index contributed by atoms with van der Waals surface area (Å²) in [5, 5.41) is 0. The minimum atomic E-state index is -0.301. The number of pyridine rings is 1. The Balaban J connectivity index is 2.22. The van der Waals surface area contributed by atoms with Gasteiger partial charge in [0.1, 0.15) is 0 Å². The van der Waals surface area contributed by atoms with Crippen molar-refractivity contribution < 1.29 is 4.79 Å². The average molecular weight is 232 g/mol. The Morgan fingerprint density at radius 3 is 2.82 bits per heavy atom. The van der Waals surface area contributed by atoms with E-state index in [9.17, 15) is 4.79 Å². The van der Waals surface area contributed by atoms with Crippen molar-refractivity contribution in [2.24, 2.45) is 5.41 Å². The van der Waals surface area contributed by atoms with E-state index in [0.29, 0.717) is 0 Å². The Kier molecular flexibility index (Phi) is 3.18. The van der Waals surface area contributed by atoms with Crippen LogP contribution in [0, 0.1) is 5.41 Å². The van der Waals surface area contributed by atoms with E-state index in [-0.39, 0.29) is 17.4 Å². The first kappa shape index (κ1) is 12.1. The summed E-state index contributed by atoms with van der Waals surface area (Å²) in [7, 11) is 0. The molecule has 1 aliphatic heterocycles. The molecule has 1 unspecified atom stereocenters. The van der Waals surface area contributed by atoms with Gasteiger partial charge in [-0.05, 0) is 24.5 Å². The van der Waals surface area contributed by atoms with Gasteiger partial charge >= 0.3 is 0 Å². The molecule has 0 radical (unpaired) electrons. The van der Waals surface area contributed by atoms with E-state index in [2.05, 4.69) is 11.1 Å². The zero-order chi connectivity index (χ0) is 12.5. The molecule has 1 atom stereocenters. The molecule has 17 heavy (non-hydrogen) atoms. The molecular weight excluding hydrogens is 212 g/mol. The van der Waals surface area contributed by atoms with Gasteiger partial charge in [-0.25, -0.2) is 0 Å². The van der Waals surface area contributed by atoms with Crippen LogP contribution in [0.4, 0.5) is 0 Å². The number of rotatable bonds is 1. The van der Waals surface area contributed by atoms with Crippen LogP contribution in [0.1, 0.15) is 45.2 Å². The second-order valence-corrected chi connectivity index (χ2v) is 5.69. The summed E-state index contributed by atoms with van der Waals surface area (Å²) in [6.45, 7) is 6.81. The van der Waals surface area contributed by atoms with Crippen LogP contribution >= 0.6 is 0 Å². The number of likely N-dealkylation sites (tertiary alicyclic amines) is 1. The molecule has 1 aromatic heterocycles. The lowest BCUT2D eigenvalue weighted by Crippen LogP contribution is -2.38. The zero-order valence-corrected chi connectivity index (χ0v) is 10.8. The molecular formula is C14H20N2O. The molecule has 0 bridgehead atoms. The third-order valence-electron chi connectivity index (χ3n) is 3.22. The van der Waals surface area contributed by atoms with Crippen LogP contribution in [0.15, 0.2) is 24.5 Å². The van der Waals surface area contributed by atoms with Crippen molar-refractivity contribution in [3.63, 3.8) is 0 Å². The minimum absolute atomic E-state index is 0.218. The summed E-state index contributed by atoms with van der Waals surface area (Å²) in [6, 6.07) is 4.22. The maximum absolute atomic E-state index is 12.4. The number of carbonyl (C=O) groups excluding carboxylic acids is 1. The monoisotopic (exact) mass is 232 g/mol. The number of amides is 1. The Morgan fingerprint density at radius 1 is 1.47 bits per heavy atom. The highest BCUT2D eigenvalue weighted by Gasteiger charge is 2.35. The van der Waals surface area contributed by atoms with Gasteiger partial charge in [-0.2, -0.15) is 0 Å². The molecule has 0 N–H and O–H groups in total. The Hall–Kier alpha value is -1.38. The van der Waals surface area contributed by atoms with Crippen LogP contribution in [0.25, 0.3) is 0 Å². The fraction of sp³-hybridized carbons (Fsp3) is 0.571. The summed E-state index contributed by atoms with van der Waals surface area (Å²) >= 11 is 0. The minimum Gasteiger partial charge on any atom is -0.335 e. The highest BCUT2D eigenvalue weighted by Crippen LogP contribution is 2.34. The largest absolute Gasteiger partial charge is 0.335 e. The van der Waals surface area contributed by atoms with Crippen molar-refractivity contribution in [2.75, 3.05) is 6.54 Å². The summed E-state index contributed by atoms with van der Waals surface area (Å²) in [5.74, 6) is 0.240. The van der Waals surface area contributed by atoms with Crippen LogP contribution in [0.3, 0.4) is 0 Å². The van der Waals surface area contributed by atoms with Crippen LogP contribution in [0.2, 0.25) is 0 Å². The number of hydrogen-bond donors (Lipinski definition) is 0. The summed E-state index contributed by atoms with van der Waals surface area (Å²) in [6.07, 6.45) is 5.78. The van der Waals surface area contributed by atoms with Crippen molar-refractivity contribution in [1.82, 2.24) is 9.88 Å². The highest BCUT2D eigenvalue weighted by molar-refractivity contribution is 5.82. The van der Waals surface area contributed by atoms with E-state index in [1.54, 1.807) is 6.20 Å². The van der Waals surface area contributed by atoms with Crippen LogP contribution in [-0.4, -0.2) is 22.3 Å². The van der Waals surface area contributed by atoms with E-state index >= 15 is 0 Å². The molecule has 2 heterocycles. The fourth-order valence-corrected chi connectivity index (χ4v) is 2.36. The molecule has 1 aromatic rings. The van der Waals surface area contributed by atoms with Crippen molar-refractivity contribution in [3.8, 4) is 0 Å². The molecule has 0 aromatic carbocycles. The van der Waals surface area contributed by atoms with E-state index in [0.717, 1.165) is 24.9 Å². The first-order valence-corrected chi connectivity index (χ1v) is 6.21. The van der Waals surface area contributed by atoms with E-state index in [1.165, 1.54) is 0 Å².